The molecule has 0 heterocycles. The Hall–Kier alpha value is -1.74. The number of hydrogen-bond acceptors (Lipinski definition) is 1. The summed E-state index contributed by atoms with van der Waals surface area (Å²) in [4.78, 5) is 0. The van der Waals surface area contributed by atoms with Crippen molar-refractivity contribution in [1.82, 2.24) is 5.32 Å². The molecule has 1 unspecified atom stereocenters. The summed E-state index contributed by atoms with van der Waals surface area (Å²) in [6.45, 7) is 4.82. The van der Waals surface area contributed by atoms with E-state index in [0.29, 0.717) is 12.1 Å². The Labute approximate surface area is 125 Å². The van der Waals surface area contributed by atoms with Crippen molar-refractivity contribution in [2.45, 2.75) is 32.7 Å². The lowest BCUT2D eigenvalue weighted by Crippen LogP contribution is -2.23. The summed E-state index contributed by atoms with van der Waals surface area (Å²) in [6, 6.07) is 11.7. The molecule has 0 bridgehead atoms. The number of hydrogen-bond donors (Lipinski definition) is 1. The van der Waals surface area contributed by atoms with Crippen molar-refractivity contribution in [3.8, 4) is 0 Å². The van der Waals surface area contributed by atoms with E-state index >= 15 is 0 Å². The van der Waals surface area contributed by atoms with E-state index in [4.69, 9.17) is 0 Å². The third kappa shape index (κ3) is 3.88. The van der Waals surface area contributed by atoms with E-state index in [1.54, 1.807) is 0 Å². The smallest absolute Gasteiger partial charge is 0.131 e. The fourth-order valence-corrected chi connectivity index (χ4v) is 2.51. The van der Waals surface area contributed by atoms with Gasteiger partial charge in [-0.2, -0.15) is 0 Å². The molecule has 21 heavy (non-hydrogen) atoms. The van der Waals surface area contributed by atoms with Gasteiger partial charge in [0.15, 0.2) is 0 Å². The molecule has 0 radical (unpaired) electrons. The topological polar surface area (TPSA) is 12.0 Å². The van der Waals surface area contributed by atoms with Gasteiger partial charge in [0, 0.05) is 11.6 Å². The quantitative estimate of drug-likeness (QED) is 0.818. The van der Waals surface area contributed by atoms with Gasteiger partial charge in [-0.15, -0.1) is 0 Å². The Kier molecular flexibility index (Phi) is 5.45. The van der Waals surface area contributed by atoms with Gasteiger partial charge in [-0.3, -0.25) is 0 Å². The Bertz CT molecular complexity index is 578. The third-order valence-electron chi connectivity index (χ3n) is 3.53. The third-order valence-corrected chi connectivity index (χ3v) is 3.53. The molecule has 0 aliphatic heterocycles. The minimum atomic E-state index is -0.551. The number of aryl methyl sites for hydroxylation is 1. The lowest BCUT2D eigenvalue weighted by atomic mass is 9.96. The minimum Gasteiger partial charge on any atom is -0.306 e. The molecule has 0 fully saturated rings. The van der Waals surface area contributed by atoms with Crippen molar-refractivity contribution in [2.24, 2.45) is 0 Å². The van der Waals surface area contributed by atoms with Crippen molar-refractivity contribution < 1.29 is 8.78 Å². The lowest BCUT2D eigenvalue weighted by Gasteiger charge is -2.20. The Morgan fingerprint density at radius 2 is 1.71 bits per heavy atom. The van der Waals surface area contributed by atoms with Gasteiger partial charge in [0.1, 0.15) is 11.6 Å². The first-order valence-corrected chi connectivity index (χ1v) is 7.42. The van der Waals surface area contributed by atoms with Gasteiger partial charge in [-0.05, 0) is 30.2 Å². The largest absolute Gasteiger partial charge is 0.306 e. The monoisotopic (exact) mass is 289 g/mol. The summed E-state index contributed by atoms with van der Waals surface area (Å²) in [6.07, 6.45) is 2.14. The van der Waals surface area contributed by atoms with Gasteiger partial charge in [-0.25, -0.2) is 8.78 Å². The van der Waals surface area contributed by atoms with Crippen LogP contribution in [0.4, 0.5) is 8.78 Å². The van der Waals surface area contributed by atoms with Crippen LogP contribution in [0, 0.1) is 11.6 Å². The molecule has 1 nitrogen and oxygen atoms in total. The van der Waals surface area contributed by atoms with E-state index in [0.717, 1.165) is 24.5 Å². The van der Waals surface area contributed by atoms with Crippen molar-refractivity contribution >= 4 is 0 Å². The second-order valence-electron chi connectivity index (χ2n) is 5.15. The van der Waals surface area contributed by atoms with Gasteiger partial charge in [0.2, 0.25) is 0 Å². The molecule has 0 amide bonds. The van der Waals surface area contributed by atoms with Crippen LogP contribution < -0.4 is 5.32 Å². The van der Waals surface area contributed by atoms with Crippen LogP contribution in [0.5, 0.6) is 0 Å². The molecular weight excluding hydrogens is 268 g/mol. The maximum absolute atomic E-state index is 14.0. The molecule has 0 saturated carbocycles. The second kappa shape index (κ2) is 7.32. The van der Waals surface area contributed by atoms with Crippen molar-refractivity contribution in [1.29, 1.82) is 0 Å². The molecule has 0 saturated heterocycles. The van der Waals surface area contributed by atoms with E-state index in [2.05, 4.69) is 24.4 Å². The molecular formula is C18H21F2N. The van der Waals surface area contributed by atoms with Crippen LogP contribution in [0.1, 0.15) is 43.0 Å². The first-order valence-electron chi connectivity index (χ1n) is 7.42. The van der Waals surface area contributed by atoms with Crippen LogP contribution in [0.3, 0.4) is 0 Å². The van der Waals surface area contributed by atoms with Crippen LogP contribution in [0.15, 0.2) is 42.5 Å². The molecule has 0 aliphatic rings. The van der Waals surface area contributed by atoms with E-state index in [1.165, 1.54) is 17.7 Å². The number of nitrogens with one attached hydrogen (secondary N) is 1. The average molecular weight is 289 g/mol. The summed E-state index contributed by atoms with van der Waals surface area (Å²) in [5.41, 5.74) is 2.74. The molecule has 1 atom stereocenters. The number of halogens is 2. The zero-order valence-electron chi connectivity index (χ0n) is 12.5. The van der Waals surface area contributed by atoms with E-state index < -0.39 is 11.6 Å². The highest BCUT2D eigenvalue weighted by molar-refractivity contribution is 5.34. The molecule has 2 rings (SSSR count). The van der Waals surface area contributed by atoms with E-state index in [-0.39, 0.29) is 6.04 Å². The van der Waals surface area contributed by atoms with Crippen molar-refractivity contribution in [2.75, 3.05) is 6.54 Å². The fourth-order valence-electron chi connectivity index (χ4n) is 2.51. The van der Waals surface area contributed by atoms with Crippen LogP contribution in [0.25, 0.3) is 0 Å². The predicted molar refractivity (Wildman–Crippen MR) is 82.3 cm³/mol. The van der Waals surface area contributed by atoms with E-state index in [1.807, 2.05) is 19.1 Å². The lowest BCUT2D eigenvalue weighted by molar-refractivity contribution is 0.541. The highest BCUT2D eigenvalue weighted by atomic mass is 19.1. The maximum Gasteiger partial charge on any atom is 0.131 e. The molecule has 2 aromatic rings. The minimum absolute atomic E-state index is 0.258. The molecule has 2 aromatic carbocycles. The summed E-state index contributed by atoms with van der Waals surface area (Å²) >= 11 is 0. The summed E-state index contributed by atoms with van der Waals surface area (Å²) in [7, 11) is 0. The number of rotatable bonds is 6. The average Bonchev–Trinajstić information content (AvgIpc) is 2.47. The first-order chi connectivity index (χ1) is 10.2. The summed E-state index contributed by atoms with van der Waals surface area (Å²) in [5.74, 6) is -1.07. The predicted octanol–water partition coefficient (Wildman–Crippen LogP) is 4.62. The zero-order valence-corrected chi connectivity index (χ0v) is 12.5. The molecule has 112 valence electrons. The molecule has 1 N–H and O–H groups in total. The zero-order chi connectivity index (χ0) is 15.2. The van der Waals surface area contributed by atoms with E-state index in [9.17, 15) is 8.78 Å². The Morgan fingerprint density at radius 1 is 1.00 bits per heavy atom. The summed E-state index contributed by atoms with van der Waals surface area (Å²) < 4.78 is 27.1. The van der Waals surface area contributed by atoms with Crippen LogP contribution >= 0.6 is 0 Å². The fraction of sp³-hybridized carbons (Fsp3) is 0.333. The maximum atomic E-state index is 14.0. The summed E-state index contributed by atoms with van der Waals surface area (Å²) in [5, 5.41) is 3.26. The van der Waals surface area contributed by atoms with Crippen LogP contribution in [-0.2, 0) is 6.42 Å². The molecule has 0 spiro atoms. The standard InChI is InChI=1S/C18H21F2N/c1-3-5-13-6-8-14(9-7-13)18(21-4-2)16-11-10-15(19)12-17(16)20/h6-12,18,21H,3-5H2,1-2H3. The molecule has 0 aliphatic carbocycles. The number of benzene rings is 2. The highest BCUT2D eigenvalue weighted by Gasteiger charge is 2.17. The van der Waals surface area contributed by atoms with Gasteiger partial charge in [0.25, 0.3) is 0 Å². The van der Waals surface area contributed by atoms with Crippen LogP contribution in [-0.4, -0.2) is 6.54 Å². The van der Waals surface area contributed by atoms with Crippen LogP contribution in [0.2, 0.25) is 0 Å². The normalized spacial score (nSPS) is 12.4. The van der Waals surface area contributed by atoms with Crippen molar-refractivity contribution in [3.05, 3.63) is 70.8 Å². The van der Waals surface area contributed by atoms with Gasteiger partial charge in [0.05, 0.1) is 6.04 Å². The molecule has 3 heteroatoms. The SMILES string of the molecule is CCCc1ccc(C(NCC)c2ccc(F)cc2F)cc1. The second-order valence-corrected chi connectivity index (χ2v) is 5.15. The van der Waals surface area contributed by atoms with Gasteiger partial charge < -0.3 is 5.32 Å². The Morgan fingerprint density at radius 3 is 2.29 bits per heavy atom. The Balaban J connectivity index is 2.33. The highest BCUT2D eigenvalue weighted by Crippen LogP contribution is 2.25. The van der Waals surface area contributed by atoms with Crippen molar-refractivity contribution in [3.63, 3.8) is 0 Å². The first kappa shape index (κ1) is 15.6. The van der Waals surface area contributed by atoms with Gasteiger partial charge >= 0.3 is 0 Å². The van der Waals surface area contributed by atoms with Gasteiger partial charge in [-0.1, -0.05) is 50.6 Å². The molecule has 0 aromatic heterocycles.